The quantitative estimate of drug-likeness (QED) is 0.762. The van der Waals surface area contributed by atoms with Crippen molar-refractivity contribution in [2.24, 2.45) is 5.92 Å². The first-order chi connectivity index (χ1) is 6.70. The molecule has 0 saturated carbocycles. The van der Waals surface area contributed by atoms with Crippen LogP contribution in [-0.2, 0) is 4.79 Å². The lowest BCUT2D eigenvalue weighted by Gasteiger charge is -2.26. The molecule has 2 aliphatic rings. The summed E-state index contributed by atoms with van der Waals surface area (Å²) in [7, 11) is 0. The normalized spacial score (nSPS) is 35.3. The Balaban J connectivity index is 0.00000112. The Kier molecular flexibility index (Phi) is 4.74. The van der Waals surface area contributed by atoms with Gasteiger partial charge < -0.3 is 4.90 Å². The van der Waals surface area contributed by atoms with Gasteiger partial charge in [-0.3, -0.25) is 10.1 Å². The summed E-state index contributed by atoms with van der Waals surface area (Å²) >= 11 is 1.81. The summed E-state index contributed by atoms with van der Waals surface area (Å²) in [5, 5.41) is 3.24. The van der Waals surface area contributed by atoms with Crippen LogP contribution in [0.25, 0.3) is 0 Å². The third kappa shape index (κ3) is 2.60. The fourth-order valence-corrected chi connectivity index (χ4v) is 3.09. The number of likely N-dealkylation sites (tertiary alicyclic amines) is 1. The van der Waals surface area contributed by atoms with Gasteiger partial charge >= 0.3 is 0 Å². The molecule has 2 saturated heterocycles. The number of carbonyl (C=O) groups is 1. The molecule has 2 unspecified atom stereocenters. The van der Waals surface area contributed by atoms with E-state index in [9.17, 15) is 4.79 Å². The number of nitrogens with zero attached hydrogens (tertiary/aromatic N) is 1. The lowest BCUT2D eigenvalue weighted by atomic mass is 10.1. The van der Waals surface area contributed by atoms with Crippen molar-refractivity contribution in [1.82, 2.24) is 10.2 Å². The van der Waals surface area contributed by atoms with E-state index in [2.05, 4.69) is 19.2 Å². The Hall–Kier alpha value is 0.0700. The molecule has 5 heteroatoms. The van der Waals surface area contributed by atoms with Gasteiger partial charge in [0.05, 0.1) is 6.04 Å². The Morgan fingerprint density at radius 2 is 2.20 bits per heavy atom. The molecule has 2 fully saturated rings. The van der Waals surface area contributed by atoms with Crippen LogP contribution in [-0.4, -0.2) is 41.1 Å². The van der Waals surface area contributed by atoms with Gasteiger partial charge in [0.2, 0.25) is 5.91 Å². The minimum Gasteiger partial charge on any atom is -0.338 e. The summed E-state index contributed by atoms with van der Waals surface area (Å²) in [5.74, 6) is 2.84. The van der Waals surface area contributed by atoms with Crippen molar-refractivity contribution in [1.29, 1.82) is 0 Å². The zero-order valence-electron chi connectivity index (χ0n) is 9.23. The van der Waals surface area contributed by atoms with Gasteiger partial charge in [-0.05, 0) is 19.3 Å². The van der Waals surface area contributed by atoms with E-state index in [0.717, 1.165) is 24.6 Å². The Morgan fingerprint density at radius 3 is 2.67 bits per heavy atom. The predicted octanol–water partition coefficient (Wildman–Crippen LogP) is 1.33. The van der Waals surface area contributed by atoms with Gasteiger partial charge in [0.25, 0.3) is 0 Å². The van der Waals surface area contributed by atoms with Crippen molar-refractivity contribution in [3.8, 4) is 0 Å². The van der Waals surface area contributed by atoms with Crippen LogP contribution in [0, 0.1) is 5.92 Å². The number of amides is 1. The molecule has 0 bridgehead atoms. The number of halogens is 1. The van der Waals surface area contributed by atoms with Crippen molar-refractivity contribution in [2.75, 3.05) is 18.2 Å². The van der Waals surface area contributed by atoms with Gasteiger partial charge in [0.15, 0.2) is 0 Å². The molecule has 88 valence electrons. The van der Waals surface area contributed by atoms with E-state index in [4.69, 9.17) is 0 Å². The Labute approximate surface area is 102 Å². The second-order valence-corrected chi connectivity index (χ2v) is 5.34. The van der Waals surface area contributed by atoms with E-state index in [1.807, 2.05) is 16.7 Å². The molecule has 2 heterocycles. The summed E-state index contributed by atoms with van der Waals surface area (Å²) in [5.41, 5.74) is 0. The molecule has 15 heavy (non-hydrogen) atoms. The van der Waals surface area contributed by atoms with Gasteiger partial charge in [-0.1, -0.05) is 6.92 Å². The molecule has 0 spiro atoms. The second kappa shape index (κ2) is 5.41. The number of thioether (sulfide) groups is 1. The minimum atomic E-state index is 0. The molecule has 0 aromatic heterocycles. The summed E-state index contributed by atoms with van der Waals surface area (Å²) in [6.45, 7) is 5.34. The standard InChI is InChI=1S/C10H18N2OS.ClH/c1-7-3-4-12(8(7)2)10(13)9-5-14-6-11-9;/h7-9,11H,3-6H2,1-2H3;1H/t7?,8?,9-;/m1./s1. The van der Waals surface area contributed by atoms with Crippen molar-refractivity contribution in [3.63, 3.8) is 0 Å². The maximum Gasteiger partial charge on any atom is 0.240 e. The summed E-state index contributed by atoms with van der Waals surface area (Å²) in [6, 6.07) is 0.502. The smallest absolute Gasteiger partial charge is 0.240 e. The summed E-state index contributed by atoms with van der Waals surface area (Å²) < 4.78 is 0. The summed E-state index contributed by atoms with van der Waals surface area (Å²) in [6.07, 6.45) is 1.16. The molecular weight excluding hydrogens is 232 g/mol. The van der Waals surface area contributed by atoms with Crippen LogP contribution in [0.5, 0.6) is 0 Å². The fraction of sp³-hybridized carbons (Fsp3) is 0.900. The maximum atomic E-state index is 12.1. The first-order valence-electron chi connectivity index (χ1n) is 5.31. The highest BCUT2D eigenvalue weighted by molar-refractivity contribution is 7.99. The zero-order valence-corrected chi connectivity index (χ0v) is 10.9. The van der Waals surface area contributed by atoms with Crippen molar-refractivity contribution >= 4 is 30.1 Å². The highest BCUT2D eigenvalue weighted by atomic mass is 35.5. The van der Waals surface area contributed by atoms with E-state index in [0.29, 0.717) is 17.9 Å². The number of carbonyl (C=O) groups excluding carboxylic acids is 1. The fourth-order valence-electron chi connectivity index (χ4n) is 2.16. The lowest BCUT2D eigenvalue weighted by molar-refractivity contribution is -0.133. The Bertz CT molecular complexity index is 233. The second-order valence-electron chi connectivity index (χ2n) is 4.31. The molecule has 1 N–H and O–H groups in total. The van der Waals surface area contributed by atoms with Crippen LogP contribution in [0.15, 0.2) is 0 Å². The van der Waals surface area contributed by atoms with E-state index >= 15 is 0 Å². The van der Waals surface area contributed by atoms with Crippen molar-refractivity contribution in [2.45, 2.75) is 32.4 Å². The van der Waals surface area contributed by atoms with E-state index in [1.54, 1.807) is 0 Å². The molecule has 2 rings (SSSR count). The largest absolute Gasteiger partial charge is 0.338 e. The number of nitrogens with one attached hydrogen (secondary N) is 1. The molecule has 0 aromatic rings. The molecule has 2 aliphatic heterocycles. The molecule has 3 atom stereocenters. The van der Waals surface area contributed by atoms with Gasteiger partial charge in [0.1, 0.15) is 0 Å². The van der Waals surface area contributed by atoms with E-state index < -0.39 is 0 Å². The van der Waals surface area contributed by atoms with Crippen LogP contribution in [0.3, 0.4) is 0 Å². The summed E-state index contributed by atoms with van der Waals surface area (Å²) in [4.78, 5) is 14.1. The number of hydrogen-bond acceptors (Lipinski definition) is 3. The van der Waals surface area contributed by atoms with E-state index in [-0.39, 0.29) is 18.4 Å². The lowest BCUT2D eigenvalue weighted by Crippen LogP contribution is -2.46. The predicted molar refractivity (Wildman–Crippen MR) is 66.5 cm³/mol. The number of rotatable bonds is 1. The molecule has 0 aromatic carbocycles. The maximum absolute atomic E-state index is 12.1. The molecular formula is C10H19ClN2OS. The van der Waals surface area contributed by atoms with Gasteiger partial charge in [0, 0.05) is 24.2 Å². The average molecular weight is 251 g/mol. The van der Waals surface area contributed by atoms with Crippen LogP contribution in [0.2, 0.25) is 0 Å². The number of hydrogen-bond donors (Lipinski definition) is 1. The zero-order chi connectivity index (χ0) is 10.1. The monoisotopic (exact) mass is 250 g/mol. The van der Waals surface area contributed by atoms with Crippen molar-refractivity contribution in [3.05, 3.63) is 0 Å². The third-order valence-electron chi connectivity index (χ3n) is 3.44. The van der Waals surface area contributed by atoms with Gasteiger partial charge in [-0.25, -0.2) is 0 Å². The van der Waals surface area contributed by atoms with Crippen LogP contribution < -0.4 is 5.32 Å². The van der Waals surface area contributed by atoms with Crippen LogP contribution >= 0.6 is 24.2 Å². The van der Waals surface area contributed by atoms with Crippen LogP contribution in [0.4, 0.5) is 0 Å². The highest BCUT2D eigenvalue weighted by Crippen LogP contribution is 2.25. The van der Waals surface area contributed by atoms with Crippen molar-refractivity contribution < 1.29 is 4.79 Å². The topological polar surface area (TPSA) is 32.3 Å². The molecule has 1 amide bonds. The van der Waals surface area contributed by atoms with E-state index in [1.165, 1.54) is 0 Å². The van der Waals surface area contributed by atoms with Gasteiger partial charge in [-0.2, -0.15) is 0 Å². The van der Waals surface area contributed by atoms with Crippen LogP contribution in [0.1, 0.15) is 20.3 Å². The molecule has 0 aliphatic carbocycles. The minimum absolute atomic E-state index is 0. The molecule has 3 nitrogen and oxygen atoms in total. The third-order valence-corrected chi connectivity index (χ3v) is 4.38. The SMILES string of the molecule is CC1CCN(C(=O)[C@H]2CSCN2)C1C.Cl. The van der Waals surface area contributed by atoms with Gasteiger partial charge in [-0.15, -0.1) is 24.2 Å². The molecule has 0 radical (unpaired) electrons. The first kappa shape index (κ1) is 13.1. The first-order valence-corrected chi connectivity index (χ1v) is 6.47. The highest BCUT2D eigenvalue weighted by Gasteiger charge is 2.35. The average Bonchev–Trinajstić information content (AvgIpc) is 2.77. The Morgan fingerprint density at radius 1 is 1.47 bits per heavy atom.